The van der Waals surface area contributed by atoms with E-state index in [4.69, 9.17) is 4.74 Å². The summed E-state index contributed by atoms with van der Waals surface area (Å²) in [5.74, 6) is 2.00. The van der Waals surface area contributed by atoms with E-state index in [1.165, 1.54) is 0 Å². The highest BCUT2D eigenvalue weighted by molar-refractivity contribution is 5.85. The Morgan fingerprint density at radius 3 is 2.74 bits per heavy atom. The summed E-state index contributed by atoms with van der Waals surface area (Å²) < 4.78 is 6.05. The summed E-state index contributed by atoms with van der Waals surface area (Å²) in [6.45, 7) is 4.63. The minimum absolute atomic E-state index is 0. The van der Waals surface area contributed by atoms with Crippen LogP contribution in [-0.4, -0.2) is 19.0 Å². The van der Waals surface area contributed by atoms with Gasteiger partial charge in [0.1, 0.15) is 11.5 Å². The zero-order valence-electron chi connectivity index (χ0n) is 15.7. The smallest absolute Gasteiger partial charge is 0.223 e. The van der Waals surface area contributed by atoms with Crippen LogP contribution >= 0.6 is 12.4 Å². The van der Waals surface area contributed by atoms with E-state index in [1.807, 2.05) is 55.5 Å². The van der Waals surface area contributed by atoms with Gasteiger partial charge in [-0.15, -0.1) is 12.4 Å². The Morgan fingerprint density at radius 1 is 1.19 bits per heavy atom. The van der Waals surface area contributed by atoms with Crippen molar-refractivity contribution in [1.29, 1.82) is 0 Å². The van der Waals surface area contributed by atoms with Gasteiger partial charge in [0.2, 0.25) is 5.91 Å². The van der Waals surface area contributed by atoms with Crippen molar-refractivity contribution in [2.24, 2.45) is 11.3 Å². The van der Waals surface area contributed by atoms with Gasteiger partial charge >= 0.3 is 0 Å². The monoisotopic (exact) mass is 386 g/mol. The zero-order valence-corrected chi connectivity index (χ0v) is 16.5. The van der Waals surface area contributed by atoms with Crippen LogP contribution < -0.4 is 15.4 Å². The van der Waals surface area contributed by atoms with Gasteiger partial charge in [-0.25, -0.2) is 0 Å². The summed E-state index contributed by atoms with van der Waals surface area (Å²) >= 11 is 0. The molecule has 5 heteroatoms. The van der Waals surface area contributed by atoms with Crippen molar-refractivity contribution >= 4 is 18.3 Å². The van der Waals surface area contributed by atoms with Crippen LogP contribution in [0.3, 0.4) is 0 Å². The van der Waals surface area contributed by atoms with Crippen LogP contribution in [0, 0.1) is 18.3 Å². The second kappa shape index (κ2) is 8.32. The number of amides is 1. The summed E-state index contributed by atoms with van der Waals surface area (Å²) in [5.41, 5.74) is 2.43. The number of aryl methyl sites for hydroxylation is 1. The van der Waals surface area contributed by atoms with Crippen LogP contribution in [0.25, 0.3) is 0 Å². The Hall–Kier alpha value is -2.04. The van der Waals surface area contributed by atoms with Gasteiger partial charge in [-0.2, -0.15) is 0 Å². The lowest BCUT2D eigenvalue weighted by molar-refractivity contribution is -0.123. The van der Waals surface area contributed by atoms with Gasteiger partial charge in [-0.3, -0.25) is 4.79 Å². The number of carbonyl (C=O) groups excluding carboxylic acids is 1. The minimum atomic E-state index is 0. The molecule has 2 aliphatic rings. The third-order valence-corrected chi connectivity index (χ3v) is 5.75. The number of rotatable bonds is 5. The van der Waals surface area contributed by atoms with Gasteiger partial charge in [-0.1, -0.05) is 30.3 Å². The Labute approximate surface area is 167 Å². The molecule has 0 bridgehead atoms. The Morgan fingerprint density at radius 2 is 1.96 bits per heavy atom. The third kappa shape index (κ3) is 4.45. The summed E-state index contributed by atoms with van der Waals surface area (Å²) in [5, 5.41) is 6.51. The van der Waals surface area contributed by atoms with Gasteiger partial charge in [0.25, 0.3) is 0 Å². The maximum Gasteiger partial charge on any atom is 0.223 e. The molecule has 1 spiro atoms. The van der Waals surface area contributed by atoms with Crippen molar-refractivity contribution in [3.63, 3.8) is 0 Å². The van der Waals surface area contributed by atoms with Crippen LogP contribution in [0.2, 0.25) is 0 Å². The van der Waals surface area contributed by atoms with Crippen molar-refractivity contribution < 1.29 is 9.53 Å². The maximum absolute atomic E-state index is 12.6. The highest BCUT2D eigenvalue weighted by atomic mass is 35.5. The summed E-state index contributed by atoms with van der Waals surface area (Å²) in [6, 6.07) is 15.9. The molecule has 1 atom stereocenters. The molecule has 1 heterocycles. The number of benzene rings is 2. The SMILES string of the molecule is Cc1cccc(Oc2ccccc2CNC(=O)C2CC23CCNCC3)c1.Cl. The maximum atomic E-state index is 12.6. The van der Waals surface area contributed by atoms with Crippen LogP contribution in [0.5, 0.6) is 11.5 Å². The molecule has 27 heavy (non-hydrogen) atoms. The quantitative estimate of drug-likeness (QED) is 0.809. The standard InChI is InChI=1S/C22H26N2O2.ClH/c1-16-5-4-7-18(13-16)26-20-8-3-2-6-17(20)15-24-21(25)19-14-22(19)9-11-23-12-10-22;/h2-8,13,19,23H,9-12,14-15H2,1H3,(H,24,25);1H. The zero-order chi connectivity index (χ0) is 18.0. The molecule has 144 valence electrons. The summed E-state index contributed by atoms with van der Waals surface area (Å²) in [7, 11) is 0. The molecule has 1 aliphatic carbocycles. The van der Waals surface area contributed by atoms with E-state index in [-0.39, 0.29) is 29.6 Å². The molecular weight excluding hydrogens is 360 g/mol. The molecule has 4 rings (SSSR count). The van der Waals surface area contributed by atoms with E-state index in [2.05, 4.69) is 10.6 Å². The van der Waals surface area contributed by atoms with Gasteiger partial charge < -0.3 is 15.4 Å². The fourth-order valence-corrected chi connectivity index (χ4v) is 4.06. The number of hydrogen-bond acceptors (Lipinski definition) is 3. The normalized spacial score (nSPS) is 19.8. The van der Waals surface area contributed by atoms with Crippen molar-refractivity contribution in [2.45, 2.75) is 32.7 Å². The summed E-state index contributed by atoms with van der Waals surface area (Å²) in [4.78, 5) is 12.6. The minimum Gasteiger partial charge on any atom is -0.457 e. The Bertz CT molecular complexity index is 802. The lowest BCUT2D eigenvalue weighted by Crippen LogP contribution is -2.33. The molecule has 2 N–H and O–H groups in total. The first kappa shape index (κ1) is 19.7. The number of hydrogen-bond donors (Lipinski definition) is 2. The lowest BCUT2D eigenvalue weighted by atomic mass is 9.92. The van der Waals surface area contributed by atoms with Crippen LogP contribution in [0.15, 0.2) is 48.5 Å². The average molecular weight is 387 g/mol. The van der Waals surface area contributed by atoms with E-state index in [9.17, 15) is 4.79 Å². The average Bonchev–Trinajstić information content (AvgIpc) is 3.34. The van der Waals surface area contributed by atoms with E-state index in [0.717, 1.165) is 55.0 Å². The summed E-state index contributed by atoms with van der Waals surface area (Å²) in [6.07, 6.45) is 3.29. The molecular formula is C22H27ClN2O2. The van der Waals surface area contributed by atoms with Gasteiger partial charge in [0.05, 0.1) is 0 Å². The van der Waals surface area contributed by atoms with Crippen molar-refractivity contribution in [3.05, 3.63) is 59.7 Å². The van der Waals surface area contributed by atoms with Crippen molar-refractivity contribution in [3.8, 4) is 11.5 Å². The molecule has 0 aromatic heterocycles. The largest absolute Gasteiger partial charge is 0.457 e. The van der Waals surface area contributed by atoms with Crippen LogP contribution in [0.4, 0.5) is 0 Å². The predicted octanol–water partition coefficient (Wildman–Crippen LogP) is 4.22. The molecule has 1 aliphatic heterocycles. The molecule has 1 amide bonds. The van der Waals surface area contributed by atoms with E-state index < -0.39 is 0 Å². The fraction of sp³-hybridized carbons (Fsp3) is 0.409. The van der Waals surface area contributed by atoms with Gasteiger partial charge in [0.15, 0.2) is 0 Å². The molecule has 1 saturated carbocycles. The van der Waals surface area contributed by atoms with Crippen LogP contribution in [-0.2, 0) is 11.3 Å². The van der Waals surface area contributed by atoms with Crippen molar-refractivity contribution in [2.75, 3.05) is 13.1 Å². The van der Waals surface area contributed by atoms with E-state index in [1.54, 1.807) is 0 Å². The molecule has 2 aromatic rings. The number of carbonyl (C=O) groups is 1. The second-order valence-corrected chi connectivity index (χ2v) is 7.61. The van der Waals surface area contributed by atoms with Gasteiger partial charge in [0, 0.05) is 18.0 Å². The Balaban J connectivity index is 0.00000210. The van der Waals surface area contributed by atoms with Crippen molar-refractivity contribution in [1.82, 2.24) is 10.6 Å². The number of nitrogens with one attached hydrogen (secondary N) is 2. The third-order valence-electron chi connectivity index (χ3n) is 5.75. The fourth-order valence-electron chi connectivity index (χ4n) is 4.06. The molecule has 2 aromatic carbocycles. The number of piperidine rings is 1. The Kier molecular flexibility index (Phi) is 6.08. The highest BCUT2D eigenvalue weighted by Gasteiger charge is 2.57. The lowest BCUT2D eigenvalue weighted by Gasteiger charge is -2.23. The second-order valence-electron chi connectivity index (χ2n) is 7.61. The highest BCUT2D eigenvalue weighted by Crippen LogP contribution is 2.58. The predicted molar refractivity (Wildman–Crippen MR) is 109 cm³/mol. The first-order valence-electron chi connectivity index (χ1n) is 9.47. The molecule has 4 nitrogen and oxygen atoms in total. The first-order chi connectivity index (χ1) is 12.7. The van der Waals surface area contributed by atoms with E-state index >= 15 is 0 Å². The molecule has 1 unspecified atom stereocenters. The molecule has 2 fully saturated rings. The number of ether oxygens (including phenoxy) is 1. The van der Waals surface area contributed by atoms with E-state index in [0.29, 0.717) is 6.54 Å². The van der Waals surface area contributed by atoms with Gasteiger partial charge in [-0.05, 0) is 68.5 Å². The molecule has 0 radical (unpaired) electrons. The molecule has 1 saturated heterocycles. The topological polar surface area (TPSA) is 50.4 Å². The number of para-hydroxylation sites is 1. The van der Waals surface area contributed by atoms with Crippen LogP contribution in [0.1, 0.15) is 30.4 Å². The first-order valence-corrected chi connectivity index (χ1v) is 9.47. The number of halogens is 1.